The van der Waals surface area contributed by atoms with Gasteiger partial charge >= 0.3 is 0 Å². The number of ether oxygens (including phenoxy) is 1. The third-order valence-electron chi connectivity index (χ3n) is 4.44. The number of piperazine rings is 1. The van der Waals surface area contributed by atoms with Gasteiger partial charge in [-0.1, -0.05) is 0 Å². The first-order valence-corrected chi connectivity index (χ1v) is 10.8. The molecule has 8 heteroatoms. The zero-order chi connectivity index (χ0) is 19.2. The van der Waals surface area contributed by atoms with E-state index in [-0.39, 0.29) is 12.5 Å². The summed E-state index contributed by atoms with van der Waals surface area (Å²) in [7, 11) is -1.37. The minimum atomic E-state index is -3.41. The molecule has 7 nitrogen and oxygen atoms in total. The van der Waals surface area contributed by atoms with Crippen LogP contribution in [0.25, 0.3) is 0 Å². The molecule has 1 amide bonds. The normalized spacial score (nSPS) is 15.7. The fraction of sp³-hybridized carbons (Fsp3) is 0.611. The molecule has 0 radical (unpaired) electrons. The van der Waals surface area contributed by atoms with Crippen molar-refractivity contribution in [2.75, 3.05) is 56.9 Å². The lowest BCUT2D eigenvalue weighted by molar-refractivity contribution is -0.132. The highest BCUT2D eigenvalue weighted by molar-refractivity contribution is 7.92. The van der Waals surface area contributed by atoms with E-state index in [0.717, 1.165) is 26.2 Å². The van der Waals surface area contributed by atoms with E-state index in [2.05, 4.69) is 4.90 Å². The number of carbonyl (C=O) groups is 1. The molecule has 1 fully saturated rings. The maximum absolute atomic E-state index is 12.3. The predicted molar refractivity (Wildman–Crippen MR) is 103 cm³/mol. The summed E-state index contributed by atoms with van der Waals surface area (Å²) < 4.78 is 31.0. The van der Waals surface area contributed by atoms with Crippen LogP contribution in [-0.2, 0) is 14.8 Å². The number of carbonyl (C=O) groups excluding carboxylic acids is 1. The molecule has 0 unspecified atom stereocenters. The molecule has 1 aliphatic rings. The molecule has 0 atom stereocenters. The van der Waals surface area contributed by atoms with E-state index in [0.29, 0.717) is 30.9 Å². The molecule has 2 rings (SSSR count). The highest BCUT2D eigenvalue weighted by Crippen LogP contribution is 2.22. The number of likely N-dealkylation sites (N-methyl/N-ethyl adjacent to an activating group) is 1. The summed E-state index contributed by atoms with van der Waals surface area (Å²) in [5.74, 6) is 0.799. The highest BCUT2D eigenvalue weighted by Gasteiger charge is 2.21. The van der Waals surface area contributed by atoms with Crippen LogP contribution in [0, 0.1) is 0 Å². The van der Waals surface area contributed by atoms with Crippen LogP contribution >= 0.6 is 0 Å². The zero-order valence-corrected chi connectivity index (χ0v) is 16.7. The van der Waals surface area contributed by atoms with Crippen LogP contribution in [-0.4, -0.2) is 76.8 Å². The number of amides is 1. The Bertz CT molecular complexity index is 683. The average Bonchev–Trinajstić information content (AvgIpc) is 2.59. The number of hydrogen-bond acceptors (Lipinski definition) is 5. The van der Waals surface area contributed by atoms with Gasteiger partial charge in [0.15, 0.2) is 0 Å². The summed E-state index contributed by atoms with van der Waals surface area (Å²) >= 11 is 0. The molecule has 146 valence electrons. The van der Waals surface area contributed by atoms with Crippen LogP contribution in [0.5, 0.6) is 5.75 Å². The van der Waals surface area contributed by atoms with Gasteiger partial charge < -0.3 is 14.5 Å². The van der Waals surface area contributed by atoms with Gasteiger partial charge in [0.25, 0.3) is 0 Å². The minimum Gasteiger partial charge on any atom is -0.494 e. The monoisotopic (exact) mass is 383 g/mol. The number of anilines is 1. The quantitative estimate of drug-likeness (QED) is 0.679. The van der Waals surface area contributed by atoms with Crippen molar-refractivity contribution in [3.8, 4) is 5.75 Å². The van der Waals surface area contributed by atoms with Gasteiger partial charge in [-0.15, -0.1) is 0 Å². The second-order valence-electron chi connectivity index (χ2n) is 6.55. The fourth-order valence-electron chi connectivity index (χ4n) is 2.95. The van der Waals surface area contributed by atoms with E-state index in [1.54, 1.807) is 24.3 Å². The third-order valence-corrected chi connectivity index (χ3v) is 5.64. The van der Waals surface area contributed by atoms with Gasteiger partial charge in [-0.05, 0) is 44.7 Å². The molecule has 0 spiro atoms. The van der Waals surface area contributed by atoms with Gasteiger partial charge in [0.2, 0.25) is 15.9 Å². The molecule has 1 aromatic carbocycles. The van der Waals surface area contributed by atoms with Crippen molar-refractivity contribution in [1.82, 2.24) is 9.80 Å². The molecular weight excluding hydrogens is 354 g/mol. The summed E-state index contributed by atoms with van der Waals surface area (Å²) in [4.78, 5) is 16.4. The molecule has 1 aromatic rings. The van der Waals surface area contributed by atoms with E-state index in [1.165, 1.54) is 10.6 Å². The van der Waals surface area contributed by atoms with Crippen LogP contribution in [0.2, 0.25) is 0 Å². The van der Waals surface area contributed by atoms with Crippen molar-refractivity contribution in [1.29, 1.82) is 0 Å². The molecule has 0 aromatic heterocycles. The third kappa shape index (κ3) is 5.88. The molecule has 0 aliphatic carbocycles. The fourth-order valence-corrected chi connectivity index (χ4v) is 3.91. The van der Waals surface area contributed by atoms with E-state index < -0.39 is 10.0 Å². The Morgan fingerprint density at radius 3 is 2.31 bits per heavy atom. The lowest BCUT2D eigenvalue weighted by Gasteiger charge is -2.32. The molecule has 0 saturated carbocycles. The van der Waals surface area contributed by atoms with Crippen molar-refractivity contribution >= 4 is 21.6 Å². The Labute approximate surface area is 156 Å². The summed E-state index contributed by atoms with van der Waals surface area (Å²) in [6, 6.07) is 6.97. The van der Waals surface area contributed by atoms with Crippen molar-refractivity contribution < 1.29 is 17.9 Å². The Kier molecular flexibility index (Phi) is 7.28. The van der Waals surface area contributed by atoms with Crippen molar-refractivity contribution in [3.63, 3.8) is 0 Å². The Morgan fingerprint density at radius 2 is 1.77 bits per heavy atom. The van der Waals surface area contributed by atoms with Crippen LogP contribution in [0.3, 0.4) is 0 Å². The second-order valence-corrected chi connectivity index (χ2v) is 8.46. The number of hydrogen-bond donors (Lipinski definition) is 0. The summed E-state index contributed by atoms with van der Waals surface area (Å²) in [5.41, 5.74) is 0.586. The van der Waals surface area contributed by atoms with Gasteiger partial charge in [0.05, 0.1) is 18.6 Å². The van der Waals surface area contributed by atoms with Gasteiger partial charge in [0.1, 0.15) is 5.75 Å². The molecule has 0 N–H and O–H groups in total. The second kappa shape index (κ2) is 9.23. The molecule has 26 heavy (non-hydrogen) atoms. The first-order chi connectivity index (χ1) is 12.3. The maximum atomic E-state index is 12.3. The lowest BCUT2D eigenvalue weighted by atomic mass is 10.2. The Hall–Kier alpha value is -1.80. The molecular formula is C18H29N3O4S. The predicted octanol–water partition coefficient (Wildman–Crippen LogP) is 1.41. The number of sulfonamides is 1. The first kappa shape index (κ1) is 20.5. The maximum Gasteiger partial charge on any atom is 0.232 e. The molecule has 1 aliphatic heterocycles. The van der Waals surface area contributed by atoms with E-state index in [9.17, 15) is 13.2 Å². The summed E-state index contributed by atoms with van der Waals surface area (Å²) in [5, 5.41) is 0. The zero-order valence-electron chi connectivity index (χ0n) is 15.8. The molecule has 0 bridgehead atoms. The van der Waals surface area contributed by atoms with Gasteiger partial charge in [-0.2, -0.15) is 0 Å². The van der Waals surface area contributed by atoms with Crippen molar-refractivity contribution in [3.05, 3.63) is 24.3 Å². The van der Waals surface area contributed by atoms with Gasteiger partial charge in [0, 0.05) is 39.1 Å². The lowest BCUT2D eigenvalue weighted by Crippen LogP contribution is -2.47. The van der Waals surface area contributed by atoms with E-state index >= 15 is 0 Å². The van der Waals surface area contributed by atoms with Gasteiger partial charge in [-0.3, -0.25) is 9.10 Å². The first-order valence-electron chi connectivity index (χ1n) is 8.98. The van der Waals surface area contributed by atoms with Gasteiger partial charge in [-0.25, -0.2) is 8.42 Å². The number of rotatable bonds is 8. The van der Waals surface area contributed by atoms with Crippen LogP contribution in [0.4, 0.5) is 5.69 Å². The highest BCUT2D eigenvalue weighted by atomic mass is 32.2. The van der Waals surface area contributed by atoms with Crippen LogP contribution in [0.15, 0.2) is 24.3 Å². The minimum absolute atomic E-state index is 0.0956. The topological polar surface area (TPSA) is 70.2 Å². The van der Waals surface area contributed by atoms with E-state index in [1.807, 2.05) is 18.9 Å². The number of nitrogens with zero attached hydrogens (tertiary/aromatic N) is 3. The number of benzene rings is 1. The summed E-state index contributed by atoms with van der Waals surface area (Å²) in [6.45, 7) is 5.98. The Morgan fingerprint density at radius 1 is 1.15 bits per heavy atom. The SMILES string of the molecule is CCOc1ccc(N(CCCC(=O)N2CCN(C)CC2)S(C)(=O)=O)cc1. The van der Waals surface area contributed by atoms with E-state index in [4.69, 9.17) is 4.74 Å². The van der Waals surface area contributed by atoms with Crippen molar-refractivity contribution in [2.24, 2.45) is 0 Å². The Balaban J connectivity index is 1.93. The smallest absolute Gasteiger partial charge is 0.232 e. The largest absolute Gasteiger partial charge is 0.494 e. The molecule has 1 saturated heterocycles. The average molecular weight is 384 g/mol. The van der Waals surface area contributed by atoms with Crippen LogP contribution < -0.4 is 9.04 Å². The van der Waals surface area contributed by atoms with Crippen molar-refractivity contribution in [2.45, 2.75) is 19.8 Å². The van der Waals surface area contributed by atoms with Crippen LogP contribution in [0.1, 0.15) is 19.8 Å². The standard InChI is InChI=1S/C18H29N3O4S/c1-4-25-17-9-7-16(8-10-17)21(26(3,23)24)11-5-6-18(22)20-14-12-19(2)13-15-20/h7-10H,4-6,11-15H2,1-3H3. The summed E-state index contributed by atoms with van der Waals surface area (Å²) in [6.07, 6.45) is 2.03. The molecule has 1 heterocycles.